The van der Waals surface area contributed by atoms with Crippen molar-refractivity contribution in [1.82, 2.24) is 5.32 Å². The molecule has 154 valence electrons. The minimum atomic E-state index is -0.244. The fourth-order valence-corrected chi connectivity index (χ4v) is 5.71. The molecule has 2 aliphatic carbocycles. The maximum atomic E-state index is 12.4. The molecule has 0 aromatic rings. The quantitative estimate of drug-likeness (QED) is 0.624. The number of amides is 1. The predicted molar refractivity (Wildman–Crippen MR) is 109 cm³/mol. The third-order valence-electron chi connectivity index (χ3n) is 7.60. The van der Waals surface area contributed by atoms with Crippen LogP contribution in [0.1, 0.15) is 79.1 Å². The van der Waals surface area contributed by atoms with Gasteiger partial charge in [0.1, 0.15) is 6.61 Å². The molecular formula is C23H39NO3. The SMILES string of the molecule is CCCC[C@@H]1OC[C@@]2(COC(=O)NC3CCCCC3)[C@H](C)C=C(C)[C@H]1[C@H]2C. The molecule has 4 nitrogen and oxygen atoms in total. The molecule has 1 aliphatic heterocycles. The van der Waals surface area contributed by atoms with Crippen molar-refractivity contribution in [1.29, 1.82) is 0 Å². The van der Waals surface area contributed by atoms with Crippen molar-refractivity contribution in [3.05, 3.63) is 11.6 Å². The lowest BCUT2D eigenvalue weighted by Crippen LogP contribution is -2.57. The summed E-state index contributed by atoms with van der Waals surface area (Å²) < 4.78 is 12.2. The zero-order chi connectivity index (χ0) is 19.4. The van der Waals surface area contributed by atoms with Gasteiger partial charge in [0.05, 0.1) is 12.7 Å². The molecule has 1 heterocycles. The first kappa shape index (κ1) is 20.7. The zero-order valence-corrected chi connectivity index (χ0v) is 17.8. The van der Waals surface area contributed by atoms with Crippen LogP contribution in [-0.4, -0.2) is 31.5 Å². The molecule has 1 saturated carbocycles. The van der Waals surface area contributed by atoms with Gasteiger partial charge in [-0.15, -0.1) is 0 Å². The van der Waals surface area contributed by atoms with E-state index in [2.05, 4.69) is 39.1 Å². The topological polar surface area (TPSA) is 47.6 Å². The first-order valence-corrected chi connectivity index (χ1v) is 11.2. The van der Waals surface area contributed by atoms with Crippen LogP contribution in [0, 0.1) is 23.2 Å². The van der Waals surface area contributed by atoms with Gasteiger partial charge in [-0.2, -0.15) is 0 Å². The summed E-state index contributed by atoms with van der Waals surface area (Å²) in [5.74, 6) is 1.28. The van der Waals surface area contributed by atoms with Gasteiger partial charge >= 0.3 is 6.09 Å². The number of rotatable bonds is 6. The molecule has 0 spiro atoms. The van der Waals surface area contributed by atoms with E-state index in [0.717, 1.165) is 19.3 Å². The fraction of sp³-hybridized carbons (Fsp3) is 0.870. The second-order valence-electron chi connectivity index (χ2n) is 9.29. The lowest BCUT2D eigenvalue weighted by molar-refractivity contribution is -0.165. The average molecular weight is 378 g/mol. The first-order chi connectivity index (χ1) is 13.0. The number of allylic oxidation sites excluding steroid dienone is 1. The van der Waals surface area contributed by atoms with E-state index in [1.165, 1.54) is 37.7 Å². The lowest BCUT2D eigenvalue weighted by atomic mass is 9.56. The number of ether oxygens (including phenoxy) is 2. The molecular weight excluding hydrogens is 338 g/mol. The molecule has 2 bridgehead atoms. The van der Waals surface area contributed by atoms with Crippen LogP contribution in [0.5, 0.6) is 0 Å². The summed E-state index contributed by atoms with van der Waals surface area (Å²) in [5, 5.41) is 3.09. The Bertz CT molecular complexity index is 540. The van der Waals surface area contributed by atoms with Crippen LogP contribution in [0.2, 0.25) is 0 Å². The molecule has 1 amide bonds. The Morgan fingerprint density at radius 2 is 2.04 bits per heavy atom. The third kappa shape index (κ3) is 4.36. The molecule has 3 aliphatic rings. The van der Waals surface area contributed by atoms with E-state index in [0.29, 0.717) is 43.1 Å². The standard InChI is InChI=1S/C23H39NO3/c1-5-6-12-20-21-16(2)13-17(3)23(14-26-20,18(21)4)15-27-22(25)24-19-10-8-7-9-11-19/h13,17-21H,5-12,14-15H2,1-4H3,(H,24,25)/t17-,18-,20+,21+,23-/m1/s1. The summed E-state index contributed by atoms with van der Waals surface area (Å²) in [4.78, 5) is 12.4. The van der Waals surface area contributed by atoms with Crippen LogP contribution in [0.25, 0.3) is 0 Å². The van der Waals surface area contributed by atoms with Gasteiger partial charge in [0.15, 0.2) is 0 Å². The van der Waals surface area contributed by atoms with Crippen molar-refractivity contribution in [3.8, 4) is 0 Å². The minimum absolute atomic E-state index is 0.100. The fourth-order valence-electron chi connectivity index (χ4n) is 5.71. The van der Waals surface area contributed by atoms with Crippen molar-refractivity contribution in [3.63, 3.8) is 0 Å². The van der Waals surface area contributed by atoms with Gasteiger partial charge in [-0.3, -0.25) is 0 Å². The van der Waals surface area contributed by atoms with Gasteiger partial charge in [0.2, 0.25) is 0 Å². The Labute approximate surface area is 165 Å². The first-order valence-electron chi connectivity index (χ1n) is 11.2. The highest BCUT2D eigenvalue weighted by atomic mass is 16.6. The summed E-state index contributed by atoms with van der Waals surface area (Å²) in [6.07, 6.45) is 11.9. The Kier molecular flexibility index (Phi) is 6.88. The molecule has 2 fully saturated rings. The summed E-state index contributed by atoms with van der Waals surface area (Å²) in [7, 11) is 0. The van der Waals surface area contributed by atoms with Gasteiger partial charge in [0.25, 0.3) is 0 Å². The summed E-state index contributed by atoms with van der Waals surface area (Å²) in [5.41, 5.74) is 1.36. The van der Waals surface area contributed by atoms with Crippen molar-refractivity contribution >= 4 is 6.09 Å². The van der Waals surface area contributed by atoms with Crippen molar-refractivity contribution < 1.29 is 14.3 Å². The van der Waals surface area contributed by atoms with E-state index >= 15 is 0 Å². The van der Waals surface area contributed by atoms with Gasteiger partial charge in [0, 0.05) is 17.4 Å². The number of fused-ring (bicyclic) bond motifs is 2. The number of unbranched alkanes of at least 4 members (excludes halogenated alkanes) is 1. The van der Waals surface area contributed by atoms with Crippen LogP contribution in [0.15, 0.2) is 11.6 Å². The highest BCUT2D eigenvalue weighted by Crippen LogP contribution is 2.53. The summed E-state index contributed by atoms with van der Waals surface area (Å²) >= 11 is 0. The second-order valence-corrected chi connectivity index (χ2v) is 9.29. The Morgan fingerprint density at radius 1 is 1.30 bits per heavy atom. The molecule has 0 aromatic heterocycles. The maximum Gasteiger partial charge on any atom is 0.407 e. The number of carbonyl (C=O) groups excluding carboxylic acids is 1. The van der Waals surface area contributed by atoms with E-state index in [1.54, 1.807) is 0 Å². The average Bonchev–Trinajstić information content (AvgIpc) is 2.65. The van der Waals surface area contributed by atoms with E-state index in [1.807, 2.05) is 0 Å². The van der Waals surface area contributed by atoms with Crippen molar-refractivity contribution in [2.24, 2.45) is 23.2 Å². The Balaban J connectivity index is 1.64. The van der Waals surface area contributed by atoms with Crippen LogP contribution in [0.3, 0.4) is 0 Å². The van der Waals surface area contributed by atoms with Crippen LogP contribution < -0.4 is 5.32 Å². The molecule has 0 radical (unpaired) electrons. The van der Waals surface area contributed by atoms with Gasteiger partial charge < -0.3 is 14.8 Å². The van der Waals surface area contributed by atoms with Crippen LogP contribution in [-0.2, 0) is 9.47 Å². The molecule has 27 heavy (non-hydrogen) atoms. The highest BCUT2D eigenvalue weighted by Gasteiger charge is 2.53. The third-order valence-corrected chi connectivity index (χ3v) is 7.60. The zero-order valence-electron chi connectivity index (χ0n) is 17.8. The normalized spacial score (nSPS) is 36.8. The van der Waals surface area contributed by atoms with Crippen LogP contribution in [0.4, 0.5) is 4.79 Å². The highest BCUT2D eigenvalue weighted by molar-refractivity contribution is 5.67. The number of hydrogen-bond donors (Lipinski definition) is 1. The number of alkyl carbamates (subject to hydrolysis) is 1. The van der Waals surface area contributed by atoms with Crippen molar-refractivity contribution in [2.45, 2.75) is 91.2 Å². The van der Waals surface area contributed by atoms with Gasteiger partial charge in [-0.05, 0) is 38.0 Å². The number of carbonyl (C=O) groups is 1. The second kappa shape index (κ2) is 8.98. The van der Waals surface area contributed by atoms with E-state index in [-0.39, 0.29) is 11.5 Å². The van der Waals surface area contributed by atoms with Gasteiger partial charge in [-0.1, -0.05) is 64.5 Å². The molecule has 4 heteroatoms. The Morgan fingerprint density at radius 3 is 2.74 bits per heavy atom. The number of hydrogen-bond acceptors (Lipinski definition) is 3. The van der Waals surface area contributed by atoms with Crippen LogP contribution >= 0.6 is 0 Å². The van der Waals surface area contributed by atoms with E-state index < -0.39 is 0 Å². The Hall–Kier alpha value is -1.03. The summed E-state index contributed by atoms with van der Waals surface area (Å²) in [6.45, 7) is 10.2. The predicted octanol–water partition coefficient (Wildman–Crippen LogP) is 5.47. The minimum Gasteiger partial charge on any atom is -0.449 e. The molecule has 1 saturated heterocycles. The molecule has 0 unspecified atom stereocenters. The molecule has 1 N–H and O–H groups in total. The summed E-state index contributed by atoms with van der Waals surface area (Å²) in [6, 6.07) is 0.292. The smallest absolute Gasteiger partial charge is 0.407 e. The number of nitrogens with one attached hydrogen (secondary N) is 1. The monoisotopic (exact) mass is 377 g/mol. The maximum absolute atomic E-state index is 12.4. The van der Waals surface area contributed by atoms with Crippen molar-refractivity contribution in [2.75, 3.05) is 13.2 Å². The van der Waals surface area contributed by atoms with Gasteiger partial charge in [-0.25, -0.2) is 4.79 Å². The molecule has 0 aromatic carbocycles. The molecule has 5 atom stereocenters. The van der Waals surface area contributed by atoms with E-state index in [4.69, 9.17) is 9.47 Å². The molecule has 3 rings (SSSR count). The van der Waals surface area contributed by atoms with E-state index in [9.17, 15) is 4.79 Å². The lowest BCUT2D eigenvalue weighted by Gasteiger charge is -2.55. The largest absolute Gasteiger partial charge is 0.449 e.